The zero-order valence-electron chi connectivity index (χ0n) is 18.4. The van der Waals surface area contributed by atoms with Gasteiger partial charge in [-0.3, -0.25) is 10.1 Å². The number of benzene rings is 1. The first kappa shape index (κ1) is 22.3. The van der Waals surface area contributed by atoms with E-state index in [0.29, 0.717) is 5.16 Å². The molecule has 162 valence electrons. The molecule has 8 heteroatoms. The largest absolute Gasteiger partial charge is 0.335 e. The second kappa shape index (κ2) is 9.20. The maximum atomic E-state index is 12.4. The Morgan fingerprint density at radius 2 is 1.77 bits per heavy atom. The van der Waals surface area contributed by atoms with Crippen molar-refractivity contribution in [1.29, 1.82) is 0 Å². The van der Waals surface area contributed by atoms with Gasteiger partial charge in [0.1, 0.15) is 0 Å². The number of imide groups is 1. The lowest BCUT2D eigenvalue weighted by atomic mass is 9.87. The number of urea groups is 1. The van der Waals surface area contributed by atoms with E-state index in [1.165, 1.54) is 17.3 Å². The molecule has 0 spiro atoms. The molecule has 1 aliphatic carbocycles. The monoisotopic (exact) mass is 429 g/mol. The van der Waals surface area contributed by atoms with Crippen molar-refractivity contribution in [2.75, 3.05) is 0 Å². The summed E-state index contributed by atoms with van der Waals surface area (Å²) in [5.41, 5.74) is 2.31. The molecule has 3 rings (SSSR count). The van der Waals surface area contributed by atoms with Crippen LogP contribution in [0.2, 0.25) is 0 Å². The van der Waals surface area contributed by atoms with Crippen LogP contribution in [0.1, 0.15) is 58.9 Å². The van der Waals surface area contributed by atoms with Gasteiger partial charge in [0.15, 0.2) is 11.0 Å². The standard InChI is InChI=1S/C22H31N5O2S/c1-14(19(28)24-20(29)23-17-8-6-7-9-17)30-21-26-25-18(27(21)5)15-10-12-16(13-11-15)22(2,3)4/h10-14,17H,6-9H2,1-5H3,(H2,23,24,28,29)/t14-/m1/s1. The number of rotatable bonds is 5. The highest BCUT2D eigenvalue weighted by atomic mass is 32.2. The minimum atomic E-state index is -0.474. The van der Waals surface area contributed by atoms with Gasteiger partial charge in [-0.05, 0) is 30.7 Å². The van der Waals surface area contributed by atoms with Crippen LogP contribution in [0.3, 0.4) is 0 Å². The van der Waals surface area contributed by atoms with Crippen molar-refractivity contribution in [1.82, 2.24) is 25.4 Å². The first-order valence-corrected chi connectivity index (χ1v) is 11.3. The summed E-state index contributed by atoms with van der Waals surface area (Å²) >= 11 is 1.28. The first-order valence-electron chi connectivity index (χ1n) is 10.4. The number of carbonyl (C=O) groups is 2. The van der Waals surface area contributed by atoms with Crippen LogP contribution in [-0.2, 0) is 17.3 Å². The summed E-state index contributed by atoms with van der Waals surface area (Å²) in [5.74, 6) is 0.402. The quantitative estimate of drug-likeness (QED) is 0.701. The third-order valence-corrected chi connectivity index (χ3v) is 6.56. The van der Waals surface area contributed by atoms with Gasteiger partial charge in [0.05, 0.1) is 5.25 Å². The lowest BCUT2D eigenvalue weighted by Gasteiger charge is -2.19. The Morgan fingerprint density at radius 1 is 1.13 bits per heavy atom. The molecule has 2 aromatic rings. The summed E-state index contributed by atoms with van der Waals surface area (Å²) in [7, 11) is 1.88. The summed E-state index contributed by atoms with van der Waals surface area (Å²) in [6, 6.07) is 8.06. The molecular weight excluding hydrogens is 398 g/mol. The third kappa shape index (κ3) is 5.41. The van der Waals surface area contributed by atoms with Crippen molar-refractivity contribution >= 4 is 23.7 Å². The van der Waals surface area contributed by atoms with E-state index in [9.17, 15) is 9.59 Å². The van der Waals surface area contributed by atoms with E-state index in [1.54, 1.807) is 6.92 Å². The van der Waals surface area contributed by atoms with Crippen LogP contribution in [0.5, 0.6) is 0 Å². The summed E-state index contributed by atoms with van der Waals surface area (Å²) in [6.45, 7) is 8.30. The predicted molar refractivity (Wildman–Crippen MR) is 119 cm³/mol. The van der Waals surface area contributed by atoms with Crippen molar-refractivity contribution in [3.05, 3.63) is 29.8 Å². The van der Waals surface area contributed by atoms with E-state index in [1.807, 2.05) is 23.7 Å². The molecule has 1 saturated carbocycles. The van der Waals surface area contributed by atoms with E-state index < -0.39 is 11.3 Å². The summed E-state index contributed by atoms with van der Waals surface area (Å²) in [4.78, 5) is 24.4. The van der Waals surface area contributed by atoms with Crippen LogP contribution in [0.15, 0.2) is 29.4 Å². The molecule has 0 unspecified atom stereocenters. The Morgan fingerprint density at radius 3 is 2.37 bits per heavy atom. The lowest BCUT2D eigenvalue weighted by molar-refractivity contribution is -0.119. The molecule has 2 N–H and O–H groups in total. The summed E-state index contributed by atoms with van der Waals surface area (Å²) in [5, 5.41) is 14.0. The third-order valence-electron chi connectivity index (χ3n) is 5.42. The molecule has 0 bridgehead atoms. The van der Waals surface area contributed by atoms with Gasteiger partial charge in [-0.25, -0.2) is 4.79 Å². The van der Waals surface area contributed by atoms with Crippen molar-refractivity contribution in [3.63, 3.8) is 0 Å². The van der Waals surface area contributed by atoms with Crippen molar-refractivity contribution in [2.45, 2.75) is 75.2 Å². The molecule has 0 saturated heterocycles. The fourth-order valence-electron chi connectivity index (χ4n) is 3.50. The smallest absolute Gasteiger partial charge is 0.321 e. The molecule has 30 heavy (non-hydrogen) atoms. The van der Waals surface area contributed by atoms with Crippen LogP contribution < -0.4 is 10.6 Å². The Balaban J connectivity index is 1.61. The molecule has 1 heterocycles. The van der Waals surface area contributed by atoms with Gasteiger partial charge < -0.3 is 9.88 Å². The van der Waals surface area contributed by atoms with E-state index >= 15 is 0 Å². The fraction of sp³-hybridized carbons (Fsp3) is 0.545. The molecule has 3 amide bonds. The summed E-state index contributed by atoms with van der Waals surface area (Å²) in [6.07, 6.45) is 4.20. The molecule has 1 aromatic heterocycles. The van der Waals surface area contributed by atoms with Crippen LogP contribution in [0.25, 0.3) is 11.4 Å². The van der Waals surface area contributed by atoms with Gasteiger partial charge >= 0.3 is 6.03 Å². The topological polar surface area (TPSA) is 88.9 Å². The number of amides is 3. The predicted octanol–water partition coefficient (Wildman–Crippen LogP) is 4.03. The Labute approximate surface area is 182 Å². The Bertz CT molecular complexity index is 895. The average Bonchev–Trinajstić information content (AvgIpc) is 3.31. The maximum absolute atomic E-state index is 12.4. The molecule has 1 aliphatic rings. The Hall–Kier alpha value is -2.35. The lowest BCUT2D eigenvalue weighted by Crippen LogP contribution is -2.45. The second-order valence-electron chi connectivity index (χ2n) is 8.90. The van der Waals surface area contributed by atoms with E-state index in [-0.39, 0.29) is 17.4 Å². The van der Waals surface area contributed by atoms with E-state index in [4.69, 9.17) is 0 Å². The van der Waals surface area contributed by atoms with Crippen LogP contribution in [-0.4, -0.2) is 38.0 Å². The minimum absolute atomic E-state index is 0.0896. The SMILES string of the molecule is C[C@@H](Sc1nnc(-c2ccc(C(C)(C)C)cc2)n1C)C(=O)NC(=O)NC1CCCC1. The zero-order chi connectivity index (χ0) is 21.9. The van der Waals surface area contributed by atoms with Crippen LogP contribution in [0, 0.1) is 0 Å². The number of hydrogen-bond donors (Lipinski definition) is 2. The van der Waals surface area contributed by atoms with E-state index in [2.05, 4.69) is 53.7 Å². The zero-order valence-corrected chi connectivity index (χ0v) is 19.2. The highest BCUT2D eigenvalue weighted by Gasteiger charge is 2.23. The Kier molecular flexibility index (Phi) is 6.85. The normalized spacial score (nSPS) is 15.8. The number of hydrogen-bond acceptors (Lipinski definition) is 5. The number of nitrogens with zero attached hydrogens (tertiary/aromatic N) is 3. The molecule has 7 nitrogen and oxygen atoms in total. The number of thioether (sulfide) groups is 1. The van der Waals surface area contributed by atoms with Gasteiger partial charge in [0.2, 0.25) is 5.91 Å². The molecule has 1 fully saturated rings. The highest BCUT2D eigenvalue weighted by molar-refractivity contribution is 8.00. The van der Waals surface area contributed by atoms with Crippen molar-refractivity contribution in [2.24, 2.45) is 7.05 Å². The number of carbonyl (C=O) groups excluding carboxylic acids is 2. The van der Waals surface area contributed by atoms with Gasteiger partial charge in [0, 0.05) is 18.7 Å². The van der Waals surface area contributed by atoms with Crippen molar-refractivity contribution < 1.29 is 9.59 Å². The number of nitrogens with one attached hydrogen (secondary N) is 2. The van der Waals surface area contributed by atoms with Gasteiger partial charge in [-0.1, -0.05) is 69.6 Å². The molecule has 1 atom stereocenters. The molecule has 1 aromatic carbocycles. The molecule has 0 radical (unpaired) electrons. The fourth-order valence-corrected chi connectivity index (χ4v) is 4.32. The van der Waals surface area contributed by atoms with Gasteiger partial charge in [0.25, 0.3) is 0 Å². The highest BCUT2D eigenvalue weighted by Crippen LogP contribution is 2.28. The van der Waals surface area contributed by atoms with Gasteiger partial charge in [-0.15, -0.1) is 10.2 Å². The number of aromatic nitrogens is 3. The summed E-state index contributed by atoms with van der Waals surface area (Å²) < 4.78 is 1.87. The van der Waals surface area contributed by atoms with Crippen LogP contribution >= 0.6 is 11.8 Å². The van der Waals surface area contributed by atoms with E-state index in [0.717, 1.165) is 37.1 Å². The van der Waals surface area contributed by atoms with Crippen LogP contribution in [0.4, 0.5) is 4.79 Å². The molecular formula is C22H31N5O2S. The van der Waals surface area contributed by atoms with Crippen molar-refractivity contribution in [3.8, 4) is 11.4 Å². The molecule has 0 aliphatic heterocycles. The first-order chi connectivity index (χ1) is 14.1. The average molecular weight is 430 g/mol. The maximum Gasteiger partial charge on any atom is 0.321 e. The second-order valence-corrected chi connectivity index (χ2v) is 10.2. The minimum Gasteiger partial charge on any atom is -0.335 e. The van der Waals surface area contributed by atoms with Gasteiger partial charge in [-0.2, -0.15) is 0 Å².